The van der Waals surface area contributed by atoms with Crippen LogP contribution >= 0.6 is 0 Å². The maximum Gasteiger partial charge on any atom is 0.00833 e. The van der Waals surface area contributed by atoms with Crippen LogP contribution in [0, 0.1) is 6.92 Å². The van der Waals surface area contributed by atoms with Crippen molar-refractivity contribution in [3.8, 4) is 11.1 Å². The molecule has 0 heterocycles. The lowest BCUT2D eigenvalue weighted by Crippen LogP contribution is -1.83. The predicted molar refractivity (Wildman–Crippen MR) is 70.3 cm³/mol. The van der Waals surface area contributed by atoms with E-state index < -0.39 is 0 Å². The number of hydrogen-bond donors (Lipinski definition) is 0. The van der Waals surface area contributed by atoms with Crippen LogP contribution in [-0.4, -0.2) is 10.2 Å². The van der Waals surface area contributed by atoms with E-state index in [0.29, 0.717) is 0 Å². The minimum absolute atomic E-state index is 1.24. The lowest BCUT2D eigenvalue weighted by molar-refractivity contribution is 1.40. The molecular weight excluding hydrogens is 196 g/mol. The highest BCUT2D eigenvalue weighted by molar-refractivity contribution is 6.08. The highest BCUT2D eigenvalue weighted by Gasteiger charge is 1.96. The summed E-state index contributed by atoms with van der Waals surface area (Å²) in [4.78, 5) is 0. The molecule has 0 aromatic heterocycles. The number of rotatable bonds is 2. The van der Waals surface area contributed by atoms with Crippen molar-refractivity contribution in [3.05, 3.63) is 59.7 Å². The highest BCUT2D eigenvalue weighted by Crippen LogP contribution is 2.20. The third kappa shape index (κ3) is 2.36. The van der Waals surface area contributed by atoms with E-state index in [1.54, 1.807) is 0 Å². The van der Waals surface area contributed by atoms with E-state index in [1.165, 1.54) is 38.5 Å². The summed E-state index contributed by atoms with van der Waals surface area (Å²) >= 11 is 0. The van der Waals surface area contributed by atoms with Crippen LogP contribution in [0.2, 0.25) is 0 Å². The monoisotopic (exact) mass is 212 g/mol. The van der Waals surface area contributed by atoms with Gasteiger partial charge >= 0.3 is 0 Å². The van der Waals surface area contributed by atoms with E-state index in [2.05, 4.69) is 55.5 Å². The smallest absolute Gasteiger partial charge is 0.00833 e. The van der Waals surface area contributed by atoms with E-state index in [-0.39, 0.29) is 0 Å². The zero-order valence-corrected chi connectivity index (χ0v) is 11.3. The SMILES string of the molecule is Cc1ccc(-c2ccc(C[SiH3])cc2)cc1. The van der Waals surface area contributed by atoms with Crippen molar-refractivity contribution in [1.29, 1.82) is 0 Å². The normalized spacial score (nSPS) is 10.5. The largest absolute Gasteiger partial charge is 0.0587 e. The second kappa shape index (κ2) is 4.45. The molecule has 0 saturated heterocycles. The molecule has 0 nitrogen and oxygen atoms in total. The van der Waals surface area contributed by atoms with E-state index in [0.717, 1.165) is 0 Å². The second-order valence-corrected chi connectivity index (χ2v) is 4.62. The summed E-state index contributed by atoms with van der Waals surface area (Å²) in [6, 6.07) is 18.9. The summed E-state index contributed by atoms with van der Waals surface area (Å²) in [5.41, 5.74) is 5.39. The second-order valence-electron chi connectivity index (χ2n) is 3.92. The maximum atomic E-state index is 2.24. The zero-order valence-electron chi connectivity index (χ0n) is 9.33. The van der Waals surface area contributed by atoms with Crippen LogP contribution in [0.25, 0.3) is 11.1 Å². The van der Waals surface area contributed by atoms with Crippen molar-refractivity contribution in [3.63, 3.8) is 0 Å². The molecule has 0 fully saturated rings. The summed E-state index contributed by atoms with van der Waals surface area (Å²) in [5.74, 6) is 0. The Morgan fingerprint density at radius 2 is 1.27 bits per heavy atom. The summed E-state index contributed by atoms with van der Waals surface area (Å²) in [6.45, 7) is 2.12. The molecule has 0 unspecified atom stereocenters. The fraction of sp³-hybridized carbons (Fsp3) is 0.143. The van der Waals surface area contributed by atoms with Crippen molar-refractivity contribution in [2.45, 2.75) is 13.0 Å². The lowest BCUT2D eigenvalue weighted by Gasteiger charge is -2.03. The molecule has 0 amide bonds. The first-order valence-electron chi connectivity index (χ1n) is 5.45. The van der Waals surface area contributed by atoms with Crippen LogP contribution in [-0.2, 0) is 6.04 Å². The van der Waals surface area contributed by atoms with Gasteiger partial charge in [-0.2, -0.15) is 0 Å². The Kier molecular flexibility index (Phi) is 3.02. The van der Waals surface area contributed by atoms with Crippen LogP contribution in [0.1, 0.15) is 11.1 Å². The van der Waals surface area contributed by atoms with E-state index >= 15 is 0 Å². The Labute approximate surface area is 94.4 Å². The van der Waals surface area contributed by atoms with Gasteiger partial charge in [0.15, 0.2) is 0 Å². The van der Waals surface area contributed by atoms with Gasteiger partial charge in [0.05, 0.1) is 0 Å². The molecule has 0 bridgehead atoms. The molecule has 2 aromatic rings. The quantitative estimate of drug-likeness (QED) is 0.671. The molecule has 0 saturated carbocycles. The van der Waals surface area contributed by atoms with Gasteiger partial charge in [0.2, 0.25) is 0 Å². The molecule has 0 atom stereocenters. The first kappa shape index (κ1) is 10.2. The molecule has 0 spiro atoms. The van der Waals surface area contributed by atoms with E-state index in [9.17, 15) is 0 Å². The first-order valence-corrected chi connectivity index (χ1v) is 6.87. The molecule has 15 heavy (non-hydrogen) atoms. The molecule has 2 rings (SSSR count). The molecular formula is C14H16Si. The third-order valence-electron chi connectivity index (χ3n) is 2.75. The Hall–Kier alpha value is -1.34. The fourth-order valence-corrected chi connectivity index (χ4v) is 2.15. The minimum atomic E-state index is 1.24. The van der Waals surface area contributed by atoms with Gasteiger partial charge in [-0.3, -0.25) is 0 Å². The van der Waals surface area contributed by atoms with Crippen LogP contribution in [0.5, 0.6) is 0 Å². The van der Waals surface area contributed by atoms with Crippen LogP contribution in [0.15, 0.2) is 48.5 Å². The zero-order chi connectivity index (χ0) is 10.7. The molecule has 2 aromatic carbocycles. The van der Waals surface area contributed by atoms with Crippen molar-refractivity contribution in [2.24, 2.45) is 0 Å². The average molecular weight is 212 g/mol. The molecule has 0 aliphatic carbocycles. The Morgan fingerprint density at radius 1 is 0.800 bits per heavy atom. The van der Waals surface area contributed by atoms with E-state index in [4.69, 9.17) is 0 Å². The van der Waals surface area contributed by atoms with Crippen LogP contribution in [0.4, 0.5) is 0 Å². The summed E-state index contributed by atoms with van der Waals surface area (Å²) < 4.78 is 0. The third-order valence-corrected chi connectivity index (χ3v) is 3.56. The predicted octanol–water partition coefficient (Wildman–Crippen LogP) is 2.53. The number of hydrogen-bond acceptors (Lipinski definition) is 0. The minimum Gasteiger partial charge on any atom is -0.0587 e. The lowest BCUT2D eigenvalue weighted by atomic mass is 10.0. The van der Waals surface area contributed by atoms with Crippen molar-refractivity contribution < 1.29 is 0 Å². The van der Waals surface area contributed by atoms with Gasteiger partial charge in [0.25, 0.3) is 0 Å². The first-order chi connectivity index (χ1) is 7.29. The summed E-state index contributed by atoms with van der Waals surface area (Å²) in [6.07, 6.45) is 0. The van der Waals surface area contributed by atoms with E-state index in [1.807, 2.05) is 0 Å². The van der Waals surface area contributed by atoms with Gasteiger partial charge in [-0.05, 0) is 24.1 Å². The maximum absolute atomic E-state index is 2.24. The van der Waals surface area contributed by atoms with Gasteiger partial charge in [-0.15, -0.1) is 0 Å². The van der Waals surface area contributed by atoms with Crippen molar-refractivity contribution >= 4 is 10.2 Å². The van der Waals surface area contributed by atoms with Gasteiger partial charge in [0.1, 0.15) is 0 Å². The Bertz CT molecular complexity index is 426. The van der Waals surface area contributed by atoms with Crippen LogP contribution in [0.3, 0.4) is 0 Å². The summed E-state index contributed by atoms with van der Waals surface area (Å²) in [5, 5.41) is 0. The average Bonchev–Trinajstić information content (AvgIpc) is 2.30. The van der Waals surface area contributed by atoms with Gasteiger partial charge < -0.3 is 0 Å². The standard InChI is InChI=1S/C14H16Si/c1-11-2-6-13(7-3-11)14-8-4-12(10-15)5-9-14/h2-9H,10H2,1,15H3. The van der Waals surface area contributed by atoms with Gasteiger partial charge in [-0.25, -0.2) is 0 Å². The molecule has 0 aliphatic rings. The Balaban J connectivity index is 2.33. The molecule has 1 heteroatoms. The molecule has 0 N–H and O–H groups in total. The topological polar surface area (TPSA) is 0 Å². The van der Waals surface area contributed by atoms with Gasteiger partial charge in [-0.1, -0.05) is 59.7 Å². The van der Waals surface area contributed by atoms with Crippen molar-refractivity contribution in [1.82, 2.24) is 0 Å². The number of benzene rings is 2. The van der Waals surface area contributed by atoms with Crippen molar-refractivity contribution in [2.75, 3.05) is 0 Å². The Morgan fingerprint density at radius 3 is 1.73 bits per heavy atom. The summed E-state index contributed by atoms with van der Waals surface area (Å²) in [7, 11) is 1.24. The molecule has 76 valence electrons. The molecule has 0 radical (unpaired) electrons. The highest BCUT2D eigenvalue weighted by atomic mass is 28.1. The molecule has 0 aliphatic heterocycles. The van der Waals surface area contributed by atoms with Crippen LogP contribution < -0.4 is 0 Å². The fourth-order valence-electron chi connectivity index (χ4n) is 1.68. The van der Waals surface area contributed by atoms with Gasteiger partial charge in [0, 0.05) is 10.2 Å². The number of aryl methyl sites for hydroxylation is 1.